The van der Waals surface area contributed by atoms with E-state index in [-0.39, 0.29) is 5.12 Å². The standard InChI is InChI=1S/C16H14O2S/c1-18-14-8-10-15(11-9-14)19-16(17)12-7-13-5-3-2-4-6-13/h2-12H,1H3/b12-7+. The number of carbonyl (C=O) groups excluding carboxylic acids is 1. The summed E-state index contributed by atoms with van der Waals surface area (Å²) in [5.74, 6) is 0.789. The highest BCUT2D eigenvalue weighted by Crippen LogP contribution is 2.22. The molecule has 0 radical (unpaired) electrons. The smallest absolute Gasteiger partial charge is 0.216 e. The van der Waals surface area contributed by atoms with E-state index >= 15 is 0 Å². The fourth-order valence-electron chi connectivity index (χ4n) is 1.52. The summed E-state index contributed by atoms with van der Waals surface area (Å²) in [5.41, 5.74) is 1.02. The maximum Gasteiger partial charge on any atom is 0.216 e. The van der Waals surface area contributed by atoms with Gasteiger partial charge in [-0.05, 0) is 47.7 Å². The molecule has 2 aromatic rings. The van der Waals surface area contributed by atoms with Crippen LogP contribution in [0.1, 0.15) is 5.56 Å². The van der Waals surface area contributed by atoms with Crippen LogP contribution >= 0.6 is 11.8 Å². The SMILES string of the molecule is COc1ccc(SC(=O)/C=C/c2ccccc2)cc1. The summed E-state index contributed by atoms with van der Waals surface area (Å²) in [6.45, 7) is 0. The van der Waals surface area contributed by atoms with Crippen LogP contribution in [0.4, 0.5) is 0 Å². The molecule has 0 saturated carbocycles. The van der Waals surface area contributed by atoms with Crippen molar-refractivity contribution in [1.82, 2.24) is 0 Å². The molecule has 0 bridgehead atoms. The molecule has 2 nitrogen and oxygen atoms in total. The number of carbonyl (C=O) groups is 1. The van der Waals surface area contributed by atoms with Gasteiger partial charge in [0.15, 0.2) is 0 Å². The highest BCUT2D eigenvalue weighted by Gasteiger charge is 2.01. The number of rotatable bonds is 4. The molecular weight excluding hydrogens is 256 g/mol. The van der Waals surface area contributed by atoms with Gasteiger partial charge in [-0.15, -0.1) is 0 Å². The van der Waals surface area contributed by atoms with Gasteiger partial charge >= 0.3 is 0 Å². The van der Waals surface area contributed by atoms with Crippen LogP contribution in [0.2, 0.25) is 0 Å². The van der Waals surface area contributed by atoms with Gasteiger partial charge in [0.1, 0.15) is 5.75 Å². The molecule has 96 valence electrons. The molecule has 0 N–H and O–H groups in total. The van der Waals surface area contributed by atoms with E-state index in [9.17, 15) is 4.79 Å². The van der Waals surface area contributed by atoms with E-state index < -0.39 is 0 Å². The van der Waals surface area contributed by atoms with Gasteiger partial charge in [0, 0.05) is 4.90 Å². The van der Waals surface area contributed by atoms with Crippen LogP contribution < -0.4 is 4.74 Å². The van der Waals surface area contributed by atoms with Gasteiger partial charge in [0.25, 0.3) is 0 Å². The van der Waals surface area contributed by atoms with Crippen LogP contribution in [0, 0.1) is 0 Å². The van der Waals surface area contributed by atoms with Crippen LogP contribution in [0.3, 0.4) is 0 Å². The highest BCUT2D eigenvalue weighted by atomic mass is 32.2. The molecule has 0 aliphatic carbocycles. The Morgan fingerprint density at radius 3 is 2.37 bits per heavy atom. The summed E-state index contributed by atoms with van der Waals surface area (Å²) < 4.78 is 5.07. The van der Waals surface area contributed by atoms with Crippen molar-refractivity contribution in [3.63, 3.8) is 0 Å². The molecule has 0 unspecified atom stereocenters. The van der Waals surface area contributed by atoms with Gasteiger partial charge in [-0.1, -0.05) is 36.4 Å². The molecule has 0 aromatic heterocycles. The van der Waals surface area contributed by atoms with Crippen molar-refractivity contribution < 1.29 is 9.53 Å². The van der Waals surface area contributed by atoms with E-state index in [0.29, 0.717) is 0 Å². The van der Waals surface area contributed by atoms with Crippen molar-refractivity contribution in [2.45, 2.75) is 4.90 Å². The predicted octanol–water partition coefficient (Wildman–Crippen LogP) is 4.03. The highest BCUT2D eigenvalue weighted by molar-refractivity contribution is 8.14. The normalized spacial score (nSPS) is 10.6. The summed E-state index contributed by atoms with van der Waals surface area (Å²) >= 11 is 1.20. The second kappa shape index (κ2) is 6.81. The van der Waals surface area contributed by atoms with Crippen LogP contribution in [-0.2, 0) is 4.79 Å². The first-order chi connectivity index (χ1) is 9.28. The zero-order valence-electron chi connectivity index (χ0n) is 10.6. The quantitative estimate of drug-likeness (QED) is 0.620. The van der Waals surface area contributed by atoms with Gasteiger partial charge in [0.05, 0.1) is 7.11 Å². The summed E-state index contributed by atoms with van der Waals surface area (Å²) in [6.07, 6.45) is 3.41. The van der Waals surface area contributed by atoms with Gasteiger partial charge < -0.3 is 4.74 Å². The van der Waals surface area contributed by atoms with Crippen LogP contribution in [0.5, 0.6) is 5.75 Å². The Morgan fingerprint density at radius 2 is 1.74 bits per heavy atom. The van der Waals surface area contributed by atoms with E-state index in [1.165, 1.54) is 11.8 Å². The minimum atomic E-state index is 0.00835. The second-order valence-corrected chi connectivity index (χ2v) is 4.92. The Kier molecular flexibility index (Phi) is 4.81. The average Bonchev–Trinajstić information content (AvgIpc) is 2.47. The van der Waals surface area contributed by atoms with Crippen LogP contribution in [0.25, 0.3) is 6.08 Å². The Bertz CT molecular complexity index is 559. The summed E-state index contributed by atoms with van der Waals surface area (Å²) in [6, 6.07) is 17.2. The van der Waals surface area contributed by atoms with Gasteiger partial charge in [-0.25, -0.2) is 0 Å². The Labute approximate surface area is 117 Å². The van der Waals surface area contributed by atoms with Crippen molar-refractivity contribution in [2.75, 3.05) is 7.11 Å². The fourth-order valence-corrected chi connectivity index (χ4v) is 2.16. The predicted molar refractivity (Wildman–Crippen MR) is 79.3 cm³/mol. The summed E-state index contributed by atoms with van der Waals surface area (Å²) in [5, 5.41) is 0.00835. The van der Waals surface area contributed by atoms with Gasteiger partial charge in [-0.2, -0.15) is 0 Å². The van der Waals surface area contributed by atoms with Gasteiger partial charge in [0.2, 0.25) is 5.12 Å². The monoisotopic (exact) mass is 270 g/mol. The minimum Gasteiger partial charge on any atom is -0.497 e. The molecule has 2 aromatic carbocycles. The minimum absolute atomic E-state index is 0.00835. The molecule has 3 heteroatoms. The molecule has 0 amide bonds. The third-order valence-corrected chi connectivity index (χ3v) is 3.33. The number of methoxy groups -OCH3 is 1. The molecule has 0 heterocycles. The second-order valence-electron chi connectivity index (χ2n) is 3.84. The molecule has 0 fully saturated rings. The Hall–Kier alpha value is -2.00. The molecule has 2 rings (SSSR count). The van der Waals surface area contributed by atoms with Crippen molar-refractivity contribution in [3.05, 3.63) is 66.2 Å². The van der Waals surface area contributed by atoms with Crippen molar-refractivity contribution in [3.8, 4) is 5.75 Å². The first-order valence-electron chi connectivity index (χ1n) is 5.87. The largest absolute Gasteiger partial charge is 0.497 e. The fraction of sp³-hybridized carbons (Fsp3) is 0.0625. The summed E-state index contributed by atoms with van der Waals surface area (Å²) in [7, 11) is 1.62. The Morgan fingerprint density at radius 1 is 1.05 bits per heavy atom. The molecule has 0 aliphatic heterocycles. The maximum atomic E-state index is 11.8. The van der Waals surface area contributed by atoms with Crippen molar-refractivity contribution >= 4 is 23.0 Å². The van der Waals surface area contributed by atoms with E-state index in [1.54, 1.807) is 13.2 Å². The van der Waals surface area contributed by atoms with Crippen LogP contribution in [0.15, 0.2) is 65.6 Å². The lowest BCUT2D eigenvalue weighted by molar-refractivity contribution is -0.107. The Balaban J connectivity index is 1.95. The molecule has 0 aliphatic rings. The topological polar surface area (TPSA) is 26.3 Å². The third kappa shape index (κ3) is 4.30. The summed E-state index contributed by atoms with van der Waals surface area (Å²) in [4.78, 5) is 12.7. The molecule has 0 atom stereocenters. The third-order valence-electron chi connectivity index (χ3n) is 2.49. The first kappa shape index (κ1) is 13.4. The number of hydrogen-bond acceptors (Lipinski definition) is 3. The maximum absolute atomic E-state index is 11.8. The molecular formula is C16H14O2S. The zero-order chi connectivity index (χ0) is 13.5. The lowest BCUT2D eigenvalue weighted by Gasteiger charge is -2.00. The van der Waals surface area contributed by atoms with E-state index in [2.05, 4.69) is 0 Å². The molecule has 0 spiro atoms. The average molecular weight is 270 g/mol. The van der Waals surface area contributed by atoms with Crippen molar-refractivity contribution in [1.29, 1.82) is 0 Å². The molecule has 0 saturated heterocycles. The zero-order valence-corrected chi connectivity index (χ0v) is 11.4. The first-order valence-corrected chi connectivity index (χ1v) is 6.68. The number of thioether (sulfide) groups is 1. The van der Waals surface area contributed by atoms with Crippen LogP contribution in [-0.4, -0.2) is 12.2 Å². The lowest BCUT2D eigenvalue weighted by Crippen LogP contribution is -1.86. The lowest BCUT2D eigenvalue weighted by atomic mass is 10.2. The molecule has 19 heavy (non-hydrogen) atoms. The van der Waals surface area contributed by atoms with E-state index in [0.717, 1.165) is 16.2 Å². The number of ether oxygens (including phenoxy) is 1. The number of hydrogen-bond donors (Lipinski definition) is 0. The van der Waals surface area contributed by atoms with Crippen molar-refractivity contribution in [2.24, 2.45) is 0 Å². The van der Waals surface area contributed by atoms with E-state index in [1.807, 2.05) is 60.7 Å². The number of benzene rings is 2. The van der Waals surface area contributed by atoms with Gasteiger partial charge in [-0.3, -0.25) is 4.79 Å². The van der Waals surface area contributed by atoms with E-state index in [4.69, 9.17) is 4.74 Å².